The molecule has 2 amide bonds. The lowest BCUT2D eigenvalue weighted by Gasteiger charge is -2.40. The second-order valence-corrected chi connectivity index (χ2v) is 8.16. The van der Waals surface area contributed by atoms with E-state index < -0.39 is 0 Å². The Morgan fingerprint density at radius 2 is 2.00 bits per heavy atom. The van der Waals surface area contributed by atoms with Gasteiger partial charge in [-0.3, -0.25) is 14.6 Å². The first-order valence-corrected chi connectivity index (χ1v) is 10.1. The summed E-state index contributed by atoms with van der Waals surface area (Å²) in [6.07, 6.45) is 8.41. The molecule has 1 spiro atoms. The number of likely N-dealkylation sites (tertiary alicyclic amines) is 1. The SMILES string of the molecule is CN=C(NCCNC(=O)CC1CCCC1)N1CCCC2(CNC(=O)C2)C1.I. The molecular weight excluding hydrogens is 457 g/mol. The van der Waals surface area contributed by atoms with Gasteiger partial charge in [-0.15, -0.1) is 24.0 Å². The Balaban J connectivity index is 0.00000261. The molecule has 3 aliphatic rings. The van der Waals surface area contributed by atoms with Crippen LogP contribution in [0.25, 0.3) is 0 Å². The quantitative estimate of drug-likeness (QED) is 0.236. The van der Waals surface area contributed by atoms with E-state index >= 15 is 0 Å². The maximum Gasteiger partial charge on any atom is 0.220 e. The first-order valence-electron chi connectivity index (χ1n) is 10.1. The summed E-state index contributed by atoms with van der Waals surface area (Å²) in [6.45, 7) is 3.88. The van der Waals surface area contributed by atoms with E-state index in [-0.39, 0.29) is 41.2 Å². The van der Waals surface area contributed by atoms with Crippen LogP contribution in [0.1, 0.15) is 51.4 Å². The maximum atomic E-state index is 12.0. The van der Waals surface area contributed by atoms with Crippen LogP contribution in [-0.4, -0.2) is 62.4 Å². The fraction of sp³-hybridized carbons (Fsp3) is 0.842. The van der Waals surface area contributed by atoms with E-state index in [2.05, 4.69) is 25.8 Å². The molecule has 2 heterocycles. The lowest BCUT2D eigenvalue weighted by Crippen LogP contribution is -2.52. The van der Waals surface area contributed by atoms with Crippen LogP contribution in [0.3, 0.4) is 0 Å². The molecular formula is C19H34IN5O2. The standard InChI is InChI=1S/C19H33N5O2.HI/c1-20-18(22-9-8-21-16(25)11-15-5-2-3-6-15)24-10-4-7-19(14-24)12-17(26)23-13-19;/h15H,2-14H2,1H3,(H,20,22)(H,21,25)(H,23,26);1H. The number of aliphatic imine (C=N–C) groups is 1. The largest absolute Gasteiger partial charge is 0.355 e. The third-order valence-corrected chi connectivity index (χ3v) is 6.05. The molecule has 0 radical (unpaired) electrons. The van der Waals surface area contributed by atoms with E-state index in [1.54, 1.807) is 7.05 Å². The first-order chi connectivity index (χ1) is 12.6. The smallest absolute Gasteiger partial charge is 0.220 e. The fourth-order valence-corrected chi connectivity index (χ4v) is 4.69. The zero-order valence-corrected chi connectivity index (χ0v) is 18.7. The van der Waals surface area contributed by atoms with Gasteiger partial charge in [0.05, 0.1) is 0 Å². The monoisotopic (exact) mass is 491 g/mol. The molecule has 1 unspecified atom stereocenters. The molecule has 2 saturated heterocycles. The van der Waals surface area contributed by atoms with Gasteiger partial charge in [-0.25, -0.2) is 0 Å². The van der Waals surface area contributed by atoms with Crippen molar-refractivity contribution < 1.29 is 9.59 Å². The number of carbonyl (C=O) groups excluding carboxylic acids is 2. The Morgan fingerprint density at radius 1 is 1.26 bits per heavy atom. The minimum absolute atomic E-state index is 0. The summed E-state index contributed by atoms with van der Waals surface area (Å²) in [5, 5.41) is 9.36. The van der Waals surface area contributed by atoms with Gasteiger partial charge < -0.3 is 20.9 Å². The van der Waals surface area contributed by atoms with Gasteiger partial charge in [-0.2, -0.15) is 0 Å². The summed E-state index contributed by atoms with van der Waals surface area (Å²) >= 11 is 0. The average molecular weight is 491 g/mol. The Morgan fingerprint density at radius 3 is 2.67 bits per heavy atom. The molecule has 0 aromatic carbocycles. The Labute approximate surface area is 179 Å². The predicted octanol–water partition coefficient (Wildman–Crippen LogP) is 1.48. The van der Waals surface area contributed by atoms with Gasteiger partial charge in [0, 0.05) is 58.0 Å². The number of nitrogens with zero attached hydrogens (tertiary/aromatic N) is 2. The van der Waals surface area contributed by atoms with Crippen molar-refractivity contribution >= 4 is 41.8 Å². The molecule has 3 fully saturated rings. The van der Waals surface area contributed by atoms with E-state index in [4.69, 9.17) is 0 Å². The number of hydrogen-bond donors (Lipinski definition) is 3. The van der Waals surface area contributed by atoms with Gasteiger partial charge in [0.2, 0.25) is 11.8 Å². The Kier molecular flexibility index (Phi) is 8.62. The summed E-state index contributed by atoms with van der Waals surface area (Å²) in [6, 6.07) is 0. The van der Waals surface area contributed by atoms with Crippen molar-refractivity contribution in [3.05, 3.63) is 0 Å². The molecule has 1 aliphatic carbocycles. The molecule has 0 aromatic heterocycles. The van der Waals surface area contributed by atoms with E-state index in [1.165, 1.54) is 25.7 Å². The van der Waals surface area contributed by atoms with Crippen LogP contribution in [0.5, 0.6) is 0 Å². The summed E-state index contributed by atoms with van der Waals surface area (Å²) < 4.78 is 0. The lowest BCUT2D eigenvalue weighted by molar-refractivity contribution is -0.122. The summed E-state index contributed by atoms with van der Waals surface area (Å²) in [7, 11) is 1.79. The zero-order valence-electron chi connectivity index (χ0n) is 16.4. The van der Waals surface area contributed by atoms with E-state index in [1.807, 2.05) is 0 Å². The molecule has 1 saturated carbocycles. The van der Waals surface area contributed by atoms with Crippen LogP contribution >= 0.6 is 24.0 Å². The van der Waals surface area contributed by atoms with Crippen molar-refractivity contribution in [2.24, 2.45) is 16.3 Å². The fourth-order valence-electron chi connectivity index (χ4n) is 4.69. The summed E-state index contributed by atoms with van der Waals surface area (Å²) in [4.78, 5) is 30.3. The minimum atomic E-state index is 0. The van der Waals surface area contributed by atoms with Crippen molar-refractivity contribution in [1.82, 2.24) is 20.9 Å². The van der Waals surface area contributed by atoms with Crippen molar-refractivity contribution in [3.63, 3.8) is 0 Å². The number of nitrogens with one attached hydrogen (secondary N) is 3. The van der Waals surface area contributed by atoms with Crippen LogP contribution < -0.4 is 16.0 Å². The topological polar surface area (TPSA) is 85.8 Å². The third kappa shape index (κ3) is 6.22. The van der Waals surface area contributed by atoms with Gasteiger partial charge in [0.15, 0.2) is 5.96 Å². The van der Waals surface area contributed by atoms with Crippen LogP contribution in [0, 0.1) is 11.3 Å². The molecule has 0 aromatic rings. The zero-order chi connectivity index (χ0) is 18.4. The second-order valence-electron chi connectivity index (χ2n) is 8.16. The van der Waals surface area contributed by atoms with Crippen molar-refractivity contribution in [3.8, 4) is 0 Å². The second kappa shape index (κ2) is 10.5. The van der Waals surface area contributed by atoms with Gasteiger partial charge >= 0.3 is 0 Å². The minimum Gasteiger partial charge on any atom is -0.355 e. The number of hydrogen-bond acceptors (Lipinski definition) is 3. The molecule has 0 bridgehead atoms. The average Bonchev–Trinajstić information content (AvgIpc) is 3.25. The molecule has 1 atom stereocenters. The summed E-state index contributed by atoms with van der Waals surface area (Å²) in [5.74, 6) is 1.79. The van der Waals surface area contributed by atoms with Crippen molar-refractivity contribution in [2.75, 3.05) is 39.8 Å². The van der Waals surface area contributed by atoms with Crippen molar-refractivity contribution in [2.45, 2.75) is 51.4 Å². The highest BCUT2D eigenvalue weighted by atomic mass is 127. The maximum absolute atomic E-state index is 12.0. The van der Waals surface area contributed by atoms with E-state index in [0.717, 1.165) is 38.4 Å². The third-order valence-electron chi connectivity index (χ3n) is 6.05. The molecule has 27 heavy (non-hydrogen) atoms. The lowest BCUT2D eigenvalue weighted by atomic mass is 9.79. The van der Waals surface area contributed by atoms with Crippen LogP contribution in [-0.2, 0) is 9.59 Å². The Bertz CT molecular complexity index is 550. The normalized spacial score (nSPS) is 26.0. The predicted molar refractivity (Wildman–Crippen MR) is 117 cm³/mol. The molecule has 2 aliphatic heterocycles. The van der Waals surface area contributed by atoms with Crippen LogP contribution in [0.2, 0.25) is 0 Å². The van der Waals surface area contributed by atoms with Gasteiger partial charge in [-0.1, -0.05) is 12.8 Å². The molecule has 154 valence electrons. The van der Waals surface area contributed by atoms with Gasteiger partial charge in [-0.05, 0) is 31.6 Å². The number of guanidine groups is 1. The highest BCUT2D eigenvalue weighted by Gasteiger charge is 2.42. The number of carbonyl (C=O) groups is 2. The number of piperidine rings is 1. The molecule has 8 heteroatoms. The molecule has 3 N–H and O–H groups in total. The highest BCUT2D eigenvalue weighted by Crippen LogP contribution is 2.35. The number of amides is 2. The Hall–Kier alpha value is -1.06. The van der Waals surface area contributed by atoms with Crippen molar-refractivity contribution in [1.29, 1.82) is 0 Å². The molecule has 3 rings (SSSR count). The first kappa shape index (κ1) is 22.2. The van der Waals surface area contributed by atoms with Crippen LogP contribution in [0.4, 0.5) is 0 Å². The van der Waals surface area contributed by atoms with Crippen LogP contribution in [0.15, 0.2) is 4.99 Å². The van der Waals surface area contributed by atoms with Gasteiger partial charge in [0.1, 0.15) is 0 Å². The number of rotatable bonds is 5. The van der Waals surface area contributed by atoms with E-state index in [9.17, 15) is 9.59 Å². The number of halogens is 1. The van der Waals surface area contributed by atoms with E-state index in [0.29, 0.717) is 31.8 Å². The summed E-state index contributed by atoms with van der Waals surface area (Å²) in [5.41, 5.74) is 0.0580. The van der Waals surface area contributed by atoms with Gasteiger partial charge in [0.25, 0.3) is 0 Å². The highest BCUT2D eigenvalue weighted by molar-refractivity contribution is 14.0. The molecule has 7 nitrogen and oxygen atoms in total.